The monoisotopic (exact) mass is 206 g/mol. The topological polar surface area (TPSA) is 54.5 Å². The molecule has 4 nitrogen and oxygen atoms in total. The van der Waals surface area contributed by atoms with E-state index in [0.29, 0.717) is 23.6 Å². The van der Waals surface area contributed by atoms with Gasteiger partial charge in [-0.25, -0.2) is 15.0 Å². The van der Waals surface area contributed by atoms with Gasteiger partial charge in [0.25, 0.3) is 0 Å². The summed E-state index contributed by atoms with van der Waals surface area (Å²) in [6.45, 7) is 0. The van der Waals surface area contributed by atoms with E-state index in [2.05, 4.69) is 31.8 Å². The van der Waals surface area contributed by atoms with Gasteiger partial charge in [-0.05, 0) is 5.92 Å². The van der Waals surface area contributed by atoms with Crippen molar-refractivity contribution in [3.63, 3.8) is 0 Å². The van der Waals surface area contributed by atoms with Crippen LogP contribution in [0.25, 0.3) is 11.2 Å². The number of H-pyrrole nitrogens is 1. The lowest BCUT2D eigenvalue weighted by molar-refractivity contribution is 1.18. The first kappa shape index (κ1) is 8.97. The second-order valence-electron chi connectivity index (χ2n) is 2.56. The van der Waals surface area contributed by atoms with E-state index in [1.165, 1.54) is 6.33 Å². The van der Waals surface area contributed by atoms with E-state index < -0.39 is 0 Å². The average Bonchev–Trinajstić information content (AvgIpc) is 2.67. The normalized spacial score (nSPS) is 9.79. The summed E-state index contributed by atoms with van der Waals surface area (Å²) < 4.78 is 0. The van der Waals surface area contributed by atoms with Crippen LogP contribution in [0.2, 0.25) is 0 Å². The van der Waals surface area contributed by atoms with Gasteiger partial charge in [0.1, 0.15) is 17.5 Å². The molecular weight excluding hydrogens is 200 g/mol. The fraction of sp³-hybridized carbons (Fsp3) is 0.222. The molecule has 5 heteroatoms. The lowest BCUT2D eigenvalue weighted by Crippen LogP contribution is -1.87. The van der Waals surface area contributed by atoms with Crippen LogP contribution in [0.3, 0.4) is 0 Å². The summed E-state index contributed by atoms with van der Waals surface area (Å²) in [5, 5.41) is 0. The van der Waals surface area contributed by atoms with Crippen molar-refractivity contribution in [2.45, 2.75) is 6.42 Å². The molecule has 0 saturated carbocycles. The first-order valence-electron chi connectivity index (χ1n) is 4.10. The maximum atomic E-state index is 5.51. The van der Waals surface area contributed by atoms with E-state index in [-0.39, 0.29) is 0 Å². The first-order chi connectivity index (χ1) is 6.92. The fourth-order valence-electron chi connectivity index (χ4n) is 1.05. The predicted molar refractivity (Wildman–Crippen MR) is 53.9 cm³/mol. The number of nitrogens with one attached hydrogen (secondary N) is 1. The molecule has 0 aliphatic heterocycles. The maximum Gasteiger partial charge on any atom is 0.181 e. The van der Waals surface area contributed by atoms with E-state index in [1.807, 2.05) is 0 Å². The van der Waals surface area contributed by atoms with Crippen LogP contribution in [-0.2, 0) is 0 Å². The largest absolute Gasteiger partial charge is 0.341 e. The van der Waals surface area contributed by atoms with Crippen LogP contribution in [0.15, 0.2) is 12.7 Å². The Kier molecular flexibility index (Phi) is 2.61. The smallest absolute Gasteiger partial charge is 0.181 e. The molecule has 2 rings (SSSR count). The number of aromatic amines is 1. The van der Waals surface area contributed by atoms with Crippen molar-refractivity contribution < 1.29 is 0 Å². The van der Waals surface area contributed by atoms with Crippen LogP contribution in [-0.4, -0.2) is 25.8 Å². The van der Waals surface area contributed by atoms with Crippen molar-refractivity contribution in [2.75, 3.05) is 5.88 Å². The van der Waals surface area contributed by atoms with Crippen LogP contribution in [0.4, 0.5) is 0 Å². The summed E-state index contributed by atoms with van der Waals surface area (Å²) in [5.41, 5.74) is 2.07. The van der Waals surface area contributed by atoms with Crippen molar-refractivity contribution in [1.29, 1.82) is 0 Å². The number of nitrogens with zero attached hydrogens (tertiary/aromatic N) is 3. The van der Waals surface area contributed by atoms with Crippen LogP contribution >= 0.6 is 11.6 Å². The van der Waals surface area contributed by atoms with Crippen molar-refractivity contribution >= 4 is 22.8 Å². The molecule has 0 saturated heterocycles. The highest BCUT2D eigenvalue weighted by molar-refractivity contribution is 6.18. The summed E-state index contributed by atoms with van der Waals surface area (Å²) in [4.78, 5) is 15.0. The van der Waals surface area contributed by atoms with Crippen molar-refractivity contribution in [2.24, 2.45) is 0 Å². The van der Waals surface area contributed by atoms with Gasteiger partial charge in [0, 0.05) is 12.3 Å². The Hall–Kier alpha value is -1.60. The van der Waals surface area contributed by atoms with Gasteiger partial charge in [0.2, 0.25) is 0 Å². The molecule has 0 bridgehead atoms. The molecule has 0 amide bonds. The Balaban J connectivity index is 2.43. The lowest BCUT2D eigenvalue weighted by atomic mass is 10.3. The Labute approximate surface area is 85.7 Å². The summed E-state index contributed by atoms with van der Waals surface area (Å²) in [6, 6.07) is 0. The number of halogens is 1. The van der Waals surface area contributed by atoms with Crippen LogP contribution in [0.1, 0.15) is 12.1 Å². The first-order valence-corrected chi connectivity index (χ1v) is 4.64. The van der Waals surface area contributed by atoms with Crippen molar-refractivity contribution in [3.05, 3.63) is 18.3 Å². The second-order valence-corrected chi connectivity index (χ2v) is 2.94. The highest BCUT2D eigenvalue weighted by atomic mass is 35.5. The van der Waals surface area contributed by atoms with Gasteiger partial charge >= 0.3 is 0 Å². The minimum atomic E-state index is 0.532. The van der Waals surface area contributed by atoms with Crippen LogP contribution in [0.5, 0.6) is 0 Å². The SMILES string of the molecule is ClCCC#Cc1ncnc2nc[nH]c12. The summed E-state index contributed by atoms with van der Waals surface area (Å²) in [7, 11) is 0. The zero-order chi connectivity index (χ0) is 9.80. The van der Waals surface area contributed by atoms with Gasteiger partial charge in [-0.2, -0.15) is 0 Å². The molecule has 0 aliphatic carbocycles. The standard InChI is InChI=1S/C9H7ClN4/c10-4-2-1-3-7-8-9(13-5-11-7)14-6-12-8/h5-6H,2,4H2,(H,11,12,13,14). The molecule has 0 aromatic carbocycles. The molecule has 14 heavy (non-hydrogen) atoms. The lowest BCUT2D eigenvalue weighted by Gasteiger charge is -1.89. The summed E-state index contributed by atoms with van der Waals surface area (Å²) >= 11 is 5.51. The van der Waals surface area contributed by atoms with Gasteiger partial charge in [0.05, 0.1) is 6.33 Å². The quantitative estimate of drug-likeness (QED) is 0.566. The Bertz CT molecular complexity index is 494. The van der Waals surface area contributed by atoms with Gasteiger partial charge < -0.3 is 4.98 Å². The second kappa shape index (κ2) is 4.07. The zero-order valence-corrected chi connectivity index (χ0v) is 8.04. The highest BCUT2D eigenvalue weighted by Crippen LogP contribution is 2.07. The summed E-state index contributed by atoms with van der Waals surface area (Å²) in [5.74, 6) is 6.36. The van der Waals surface area contributed by atoms with E-state index >= 15 is 0 Å². The van der Waals surface area contributed by atoms with Gasteiger partial charge in [-0.15, -0.1) is 11.6 Å². The van der Waals surface area contributed by atoms with E-state index in [4.69, 9.17) is 11.6 Å². The molecular formula is C9H7ClN4. The van der Waals surface area contributed by atoms with Crippen molar-refractivity contribution in [1.82, 2.24) is 19.9 Å². The Morgan fingerprint density at radius 3 is 3.14 bits per heavy atom. The number of imidazole rings is 1. The molecule has 0 atom stereocenters. The number of hydrogen-bond acceptors (Lipinski definition) is 3. The highest BCUT2D eigenvalue weighted by Gasteiger charge is 2.01. The number of rotatable bonds is 1. The van der Waals surface area contributed by atoms with Crippen LogP contribution < -0.4 is 0 Å². The molecule has 0 spiro atoms. The number of aromatic nitrogens is 4. The van der Waals surface area contributed by atoms with E-state index in [9.17, 15) is 0 Å². The maximum absolute atomic E-state index is 5.51. The van der Waals surface area contributed by atoms with Gasteiger partial charge in [-0.3, -0.25) is 0 Å². The van der Waals surface area contributed by atoms with E-state index in [0.717, 1.165) is 5.52 Å². The molecule has 2 aromatic heterocycles. The third-order valence-corrected chi connectivity index (χ3v) is 1.84. The predicted octanol–water partition coefficient (Wildman–Crippen LogP) is 1.33. The molecule has 1 N–H and O–H groups in total. The minimum absolute atomic E-state index is 0.532. The molecule has 0 radical (unpaired) electrons. The summed E-state index contributed by atoms with van der Waals surface area (Å²) in [6.07, 6.45) is 3.68. The minimum Gasteiger partial charge on any atom is -0.341 e. The third-order valence-electron chi connectivity index (χ3n) is 1.65. The number of alkyl halides is 1. The fourth-order valence-corrected chi connectivity index (χ4v) is 1.15. The third kappa shape index (κ3) is 1.68. The molecule has 2 heterocycles. The van der Waals surface area contributed by atoms with Gasteiger partial charge in [0.15, 0.2) is 5.65 Å². The number of hydrogen-bond donors (Lipinski definition) is 1. The Morgan fingerprint density at radius 1 is 1.36 bits per heavy atom. The van der Waals surface area contributed by atoms with Gasteiger partial charge in [-0.1, -0.05) is 5.92 Å². The molecule has 0 fully saturated rings. The molecule has 2 aromatic rings. The number of fused-ring (bicyclic) bond motifs is 1. The van der Waals surface area contributed by atoms with Crippen molar-refractivity contribution in [3.8, 4) is 11.8 Å². The molecule has 70 valence electrons. The average molecular weight is 207 g/mol. The Morgan fingerprint density at radius 2 is 2.29 bits per heavy atom. The zero-order valence-electron chi connectivity index (χ0n) is 7.29. The van der Waals surface area contributed by atoms with Crippen LogP contribution in [0, 0.1) is 11.8 Å². The molecule has 0 aliphatic rings. The molecule has 0 unspecified atom stereocenters. The van der Waals surface area contributed by atoms with E-state index in [1.54, 1.807) is 6.33 Å².